The third-order valence-corrected chi connectivity index (χ3v) is 4.43. The van der Waals surface area contributed by atoms with Crippen molar-refractivity contribution in [3.63, 3.8) is 0 Å². The Morgan fingerprint density at radius 2 is 2.04 bits per heavy atom. The zero-order valence-corrected chi connectivity index (χ0v) is 13.5. The second-order valence-corrected chi connectivity index (χ2v) is 6.52. The first kappa shape index (κ1) is 15.3. The van der Waals surface area contributed by atoms with Gasteiger partial charge in [-0.1, -0.05) is 12.1 Å². The number of nitrogens with one attached hydrogen (secondary N) is 1. The highest BCUT2D eigenvalue weighted by Crippen LogP contribution is 2.26. The lowest BCUT2D eigenvalue weighted by Gasteiger charge is -2.09. The fourth-order valence-corrected chi connectivity index (χ4v) is 3.15. The standard InChI is InChI=1S/C15H16N4O3S/c1-3-22-12-6-4-5-11-7-8-13(16-15(11)12)18-23(20,21)14-9-10-19(2)17-14/h4-10H,3H2,1-2H3,(H,16,18). The number of hydrogen-bond acceptors (Lipinski definition) is 5. The second kappa shape index (κ2) is 5.88. The third kappa shape index (κ3) is 3.11. The summed E-state index contributed by atoms with van der Waals surface area (Å²) in [5, 5.41) is 4.72. The van der Waals surface area contributed by atoms with Gasteiger partial charge >= 0.3 is 0 Å². The van der Waals surface area contributed by atoms with Gasteiger partial charge in [0.25, 0.3) is 10.0 Å². The van der Waals surface area contributed by atoms with Gasteiger partial charge in [-0.15, -0.1) is 0 Å². The lowest BCUT2D eigenvalue weighted by Crippen LogP contribution is -2.15. The summed E-state index contributed by atoms with van der Waals surface area (Å²) in [7, 11) is -2.12. The van der Waals surface area contributed by atoms with Gasteiger partial charge < -0.3 is 4.74 Å². The second-order valence-electron chi connectivity index (χ2n) is 4.89. The van der Waals surface area contributed by atoms with Crippen LogP contribution in [0.5, 0.6) is 5.75 Å². The number of rotatable bonds is 5. The molecule has 1 aromatic carbocycles. The molecule has 0 atom stereocenters. The molecule has 0 fully saturated rings. The largest absolute Gasteiger partial charge is 0.492 e. The number of hydrogen-bond donors (Lipinski definition) is 1. The van der Waals surface area contributed by atoms with Gasteiger partial charge in [-0.2, -0.15) is 13.5 Å². The molecule has 2 heterocycles. The molecule has 0 saturated carbocycles. The van der Waals surface area contributed by atoms with Crippen LogP contribution in [0.1, 0.15) is 6.92 Å². The normalized spacial score (nSPS) is 11.6. The first-order valence-corrected chi connectivity index (χ1v) is 8.53. The fraction of sp³-hybridized carbons (Fsp3) is 0.200. The molecule has 0 saturated heterocycles. The van der Waals surface area contributed by atoms with Crippen LogP contribution < -0.4 is 9.46 Å². The number of anilines is 1. The highest BCUT2D eigenvalue weighted by atomic mass is 32.2. The zero-order chi connectivity index (χ0) is 16.4. The van der Waals surface area contributed by atoms with E-state index in [4.69, 9.17) is 4.74 Å². The number of aromatic nitrogens is 3. The molecular weight excluding hydrogens is 316 g/mol. The van der Waals surface area contributed by atoms with Crippen molar-refractivity contribution in [2.45, 2.75) is 11.9 Å². The van der Waals surface area contributed by atoms with Crippen molar-refractivity contribution in [1.29, 1.82) is 0 Å². The van der Waals surface area contributed by atoms with E-state index in [0.29, 0.717) is 17.9 Å². The molecule has 7 nitrogen and oxygen atoms in total. The van der Waals surface area contributed by atoms with E-state index in [9.17, 15) is 8.42 Å². The molecule has 3 rings (SSSR count). The Hall–Kier alpha value is -2.61. The lowest BCUT2D eigenvalue weighted by molar-refractivity contribution is 0.343. The van der Waals surface area contributed by atoms with Crippen LogP contribution in [-0.2, 0) is 17.1 Å². The van der Waals surface area contributed by atoms with E-state index in [-0.39, 0.29) is 10.8 Å². The summed E-state index contributed by atoms with van der Waals surface area (Å²) in [6.07, 6.45) is 1.57. The van der Waals surface area contributed by atoms with Crippen molar-refractivity contribution in [1.82, 2.24) is 14.8 Å². The van der Waals surface area contributed by atoms with Crippen LogP contribution in [0.2, 0.25) is 0 Å². The Labute approximate surface area is 134 Å². The number of sulfonamides is 1. The number of pyridine rings is 1. The quantitative estimate of drug-likeness (QED) is 0.774. The summed E-state index contributed by atoms with van der Waals surface area (Å²) in [4.78, 5) is 4.36. The molecule has 0 amide bonds. The molecule has 3 aromatic rings. The Kier molecular flexibility index (Phi) is 3.91. The monoisotopic (exact) mass is 332 g/mol. The Morgan fingerprint density at radius 3 is 2.74 bits per heavy atom. The van der Waals surface area contributed by atoms with Crippen molar-refractivity contribution >= 4 is 26.7 Å². The van der Waals surface area contributed by atoms with Gasteiger partial charge in [0.05, 0.1) is 6.61 Å². The smallest absolute Gasteiger partial charge is 0.282 e. The van der Waals surface area contributed by atoms with Crippen molar-refractivity contribution in [2.75, 3.05) is 11.3 Å². The maximum absolute atomic E-state index is 12.3. The average molecular weight is 332 g/mol. The molecule has 0 spiro atoms. The van der Waals surface area contributed by atoms with Crippen LogP contribution in [0.3, 0.4) is 0 Å². The fourth-order valence-electron chi connectivity index (χ4n) is 2.18. The third-order valence-electron chi connectivity index (χ3n) is 3.19. The topological polar surface area (TPSA) is 86.1 Å². The summed E-state index contributed by atoms with van der Waals surface area (Å²) in [6, 6.07) is 10.4. The minimum absolute atomic E-state index is 0.0556. The Morgan fingerprint density at radius 1 is 1.22 bits per heavy atom. The van der Waals surface area contributed by atoms with E-state index in [2.05, 4.69) is 14.8 Å². The zero-order valence-electron chi connectivity index (χ0n) is 12.7. The van der Waals surface area contributed by atoms with Gasteiger partial charge in [-0.25, -0.2) is 4.98 Å². The van der Waals surface area contributed by atoms with Gasteiger partial charge in [0, 0.05) is 18.6 Å². The number of benzene rings is 1. The average Bonchev–Trinajstić information content (AvgIpc) is 2.95. The molecule has 120 valence electrons. The molecule has 0 aliphatic carbocycles. The number of aryl methyl sites for hydroxylation is 1. The van der Waals surface area contributed by atoms with Crippen LogP contribution in [0.15, 0.2) is 47.6 Å². The van der Waals surface area contributed by atoms with Crippen LogP contribution >= 0.6 is 0 Å². The van der Waals surface area contributed by atoms with Gasteiger partial charge in [0.15, 0.2) is 5.03 Å². The molecule has 0 bridgehead atoms. The van der Waals surface area contributed by atoms with Crippen LogP contribution in [0, 0.1) is 0 Å². The SMILES string of the molecule is CCOc1cccc2ccc(NS(=O)(=O)c3ccn(C)n3)nc12. The van der Waals surface area contributed by atoms with Gasteiger partial charge in [0.2, 0.25) is 0 Å². The van der Waals surface area contributed by atoms with E-state index >= 15 is 0 Å². The predicted octanol–water partition coefficient (Wildman–Crippen LogP) is 2.17. The highest BCUT2D eigenvalue weighted by Gasteiger charge is 2.18. The van der Waals surface area contributed by atoms with E-state index in [1.807, 2.05) is 19.1 Å². The summed E-state index contributed by atoms with van der Waals surface area (Å²) in [6.45, 7) is 2.39. The number of para-hydroxylation sites is 1. The molecular formula is C15H16N4O3S. The molecule has 0 aliphatic heterocycles. The van der Waals surface area contributed by atoms with Crippen molar-refractivity contribution < 1.29 is 13.2 Å². The number of nitrogens with zero attached hydrogens (tertiary/aromatic N) is 3. The van der Waals surface area contributed by atoms with E-state index < -0.39 is 10.0 Å². The first-order chi connectivity index (χ1) is 11.0. The van der Waals surface area contributed by atoms with E-state index in [1.54, 1.807) is 31.4 Å². The minimum atomic E-state index is -3.77. The number of fused-ring (bicyclic) bond motifs is 1. The van der Waals surface area contributed by atoms with Crippen LogP contribution in [-0.4, -0.2) is 29.8 Å². The lowest BCUT2D eigenvalue weighted by atomic mass is 10.2. The molecule has 0 aliphatic rings. The maximum atomic E-state index is 12.3. The molecule has 0 radical (unpaired) electrons. The van der Waals surface area contributed by atoms with Crippen LogP contribution in [0.25, 0.3) is 10.9 Å². The summed E-state index contributed by atoms with van der Waals surface area (Å²) < 4.78 is 34.0. The van der Waals surface area contributed by atoms with E-state index in [0.717, 1.165) is 5.39 Å². The molecule has 23 heavy (non-hydrogen) atoms. The van der Waals surface area contributed by atoms with Gasteiger partial charge in [-0.05, 0) is 31.2 Å². The Bertz CT molecular complexity index is 950. The van der Waals surface area contributed by atoms with Gasteiger partial charge in [0.1, 0.15) is 17.1 Å². The van der Waals surface area contributed by atoms with Crippen LogP contribution in [0.4, 0.5) is 5.82 Å². The first-order valence-electron chi connectivity index (χ1n) is 7.04. The summed E-state index contributed by atoms with van der Waals surface area (Å²) >= 11 is 0. The summed E-state index contributed by atoms with van der Waals surface area (Å²) in [5.41, 5.74) is 0.607. The van der Waals surface area contributed by atoms with Crippen molar-refractivity contribution in [3.8, 4) is 5.75 Å². The van der Waals surface area contributed by atoms with Gasteiger partial charge in [-0.3, -0.25) is 9.40 Å². The predicted molar refractivity (Wildman–Crippen MR) is 86.9 cm³/mol. The van der Waals surface area contributed by atoms with E-state index in [1.165, 1.54) is 10.7 Å². The van der Waals surface area contributed by atoms with Crippen molar-refractivity contribution in [2.24, 2.45) is 7.05 Å². The molecule has 8 heteroatoms. The summed E-state index contributed by atoms with van der Waals surface area (Å²) in [5.74, 6) is 0.833. The minimum Gasteiger partial charge on any atom is -0.492 e. The molecule has 0 unspecified atom stereocenters. The molecule has 1 N–H and O–H groups in total. The van der Waals surface area contributed by atoms with Crippen molar-refractivity contribution in [3.05, 3.63) is 42.6 Å². The maximum Gasteiger partial charge on any atom is 0.282 e. The Balaban J connectivity index is 1.99. The highest BCUT2D eigenvalue weighted by molar-refractivity contribution is 7.92. The molecule has 2 aromatic heterocycles. The number of ether oxygens (including phenoxy) is 1.